The Morgan fingerprint density at radius 2 is 1.68 bits per heavy atom. The van der Waals surface area contributed by atoms with Crippen LogP contribution in [0, 0.1) is 0 Å². The summed E-state index contributed by atoms with van der Waals surface area (Å²) in [4.78, 5) is 11.9. The molecule has 0 saturated carbocycles. The van der Waals surface area contributed by atoms with Crippen LogP contribution in [-0.2, 0) is 0 Å². The Hall–Kier alpha value is -2.93. The number of methoxy groups -OCH3 is 3. The van der Waals surface area contributed by atoms with Crippen molar-refractivity contribution in [1.29, 1.82) is 0 Å². The van der Waals surface area contributed by atoms with Gasteiger partial charge in [0.05, 0.1) is 27.4 Å². The van der Waals surface area contributed by atoms with Crippen molar-refractivity contribution in [3.8, 4) is 17.2 Å². The van der Waals surface area contributed by atoms with Gasteiger partial charge in [-0.1, -0.05) is 6.07 Å². The quantitative estimate of drug-likeness (QED) is 0.717. The number of carbonyl (C=O) groups excluding carboxylic acids is 1. The summed E-state index contributed by atoms with van der Waals surface area (Å²) >= 11 is 0. The average molecular weight is 346 g/mol. The van der Waals surface area contributed by atoms with Crippen molar-refractivity contribution in [2.45, 2.75) is 6.10 Å². The zero-order valence-electron chi connectivity index (χ0n) is 14.4. The number of carbonyl (C=O) groups is 1. The van der Waals surface area contributed by atoms with Gasteiger partial charge in [-0.3, -0.25) is 0 Å². The van der Waals surface area contributed by atoms with E-state index < -0.39 is 12.1 Å². The van der Waals surface area contributed by atoms with Gasteiger partial charge in [-0.2, -0.15) is 0 Å². The number of benzene rings is 2. The van der Waals surface area contributed by atoms with E-state index in [9.17, 15) is 9.90 Å². The molecule has 0 bridgehead atoms. The first kappa shape index (κ1) is 18.4. The average Bonchev–Trinajstić information content (AvgIpc) is 2.66. The number of aliphatic hydroxyl groups is 1. The maximum absolute atomic E-state index is 11.9. The molecule has 2 aromatic rings. The van der Waals surface area contributed by atoms with Gasteiger partial charge >= 0.3 is 6.03 Å². The number of ether oxygens (including phenoxy) is 3. The van der Waals surface area contributed by atoms with Crippen LogP contribution in [0.15, 0.2) is 42.5 Å². The minimum absolute atomic E-state index is 0.0530. The lowest BCUT2D eigenvalue weighted by Gasteiger charge is -2.15. The third-order valence-electron chi connectivity index (χ3n) is 3.60. The number of urea groups is 1. The van der Waals surface area contributed by atoms with Crippen molar-refractivity contribution in [2.24, 2.45) is 0 Å². The van der Waals surface area contributed by atoms with E-state index in [1.165, 1.54) is 7.11 Å². The Bertz CT molecular complexity index is 703. The van der Waals surface area contributed by atoms with Gasteiger partial charge in [-0.25, -0.2) is 4.79 Å². The molecule has 3 N–H and O–H groups in total. The van der Waals surface area contributed by atoms with Crippen molar-refractivity contribution in [3.05, 3.63) is 48.0 Å². The molecule has 0 fully saturated rings. The van der Waals surface area contributed by atoms with Gasteiger partial charge < -0.3 is 30.0 Å². The lowest BCUT2D eigenvalue weighted by molar-refractivity contribution is 0.174. The maximum Gasteiger partial charge on any atom is 0.319 e. The topological polar surface area (TPSA) is 89.1 Å². The van der Waals surface area contributed by atoms with E-state index in [-0.39, 0.29) is 6.54 Å². The molecule has 0 aromatic heterocycles. The summed E-state index contributed by atoms with van der Waals surface area (Å²) in [7, 11) is 4.64. The maximum atomic E-state index is 11.9. The van der Waals surface area contributed by atoms with Gasteiger partial charge in [0.25, 0.3) is 0 Å². The molecule has 0 saturated heterocycles. The van der Waals surface area contributed by atoms with E-state index in [1.807, 2.05) is 0 Å². The van der Waals surface area contributed by atoms with E-state index in [1.54, 1.807) is 56.7 Å². The van der Waals surface area contributed by atoms with Crippen LogP contribution < -0.4 is 24.8 Å². The van der Waals surface area contributed by atoms with Crippen LogP contribution in [0.5, 0.6) is 17.2 Å². The number of rotatable bonds is 7. The minimum Gasteiger partial charge on any atom is -0.497 e. The fraction of sp³-hybridized carbons (Fsp3) is 0.278. The lowest BCUT2D eigenvalue weighted by Crippen LogP contribution is -2.32. The van der Waals surface area contributed by atoms with Crippen LogP contribution in [0.1, 0.15) is 11.7 Å². The molecule has 0 radical (unpaired) electrons. The van der Waals surface area contributed by atoms with E-state index in [2.05, 4.69) is 10.6 Å². The molecule has 2 amide bonds. The molecule has 2 rings (SSSR count). The Labute approximate surface area is 146 Å². The monoisotopic (exact) mass is 346 g/mol. The van der Waals surface area contributed by atoms with Crippen LogP contribution in [-0.4, -0.2) is 39.0 Å². The normalized spacial score (nSPS) is 11.4. The number of nitrogens with one attached hydrogen (secondary N) is 2. The van der Waals surface area contributed by atoms with Gasteiger partial charge in [-0.05, 0) is 42.0 Å². The first-order valence-corrected chi connectivity index (χ1v) is 7.66. The van der Waals surface area contributed by atoms with E-state index in [4.69, 9.17) is 14.2 Å². The molecule has 134 valence electrons. The van der Waals surface area contributed by atoms with Crippen LogP contribution in [0.2, 0.25) is 0 Å². The summed E-state index contributed by atoms with van der Waals surface area (Å²) in [6, 6.07) is 11.6. The second-order valence-electron chi connectivity index (χ2n) is 5.19. The van der Waals surface area contributed by atoms with Crippen molar-refractivity contribution in [1.82, 2.24) is 5.32 Å². The van der Waals surface area contributed by atoms with Crippen LogP contribution in [0.3, 0.4) is 0 Å². The zero-order valence-corrected chi connectivity index (χ0v) is 14.4. The second kappa shape index (κ2) is 8.79. The van der Waals surface area contributed by atoms with Gasteiger partial charge in [0.15, 0.2) is 11.5 Å². The summed E-state index contributed by atoms with van der Waals surface area (Å²) in [5.41, 5.74) is 1.24. The third-order valence-corrected chi connectivity index (χ3v) is 3.60. The SMILES string of the molecule is COc1ccc(NC(=O)NCC(O)c2ccc(OC)c(OC)c2)cc1. The summed E-state index contributed by atoms with van der Waals surface area (Å²) in [5.74, 6) is 1.79. The van der Waals surface area contributed by atoms with Crippen LogP contribution in [0.25, 0.3) is 0 Å². The van der Waals surface area contributed by atoms with E-state index in [0.29, 0.717) is 28.5 Å². The highest BCUT2D eigenvalue weighted by molar-refractivity contribution is 5.89. The first-order chi connectivity index (χ1) is 12.1. The standard InChI is InChI=1S/C18H22N2O5/c1-23-14-7-5-13(6-8-14)20-18(22)19-11-15(21)12-4-9-16(24-2)17(10-12)25-3/h4-10,15,21H,11H2,1-3H3,(H2,19,20,22). The summed E-state index contributed by atoms with van der Waals surface area (Å²) in [5, 5.41) is 15.5. The number of amides is 2. The first-order valence-electron chi connectivity index (χ1n) is 7.66. The molecular formula is C18H22N2O5. The highest BCUT2D eigenvalue weighted by Gasteiger charge is 2.13. The summed E-state index contributed by atoms with van der Waals surface area (Å²) in [6.45, 7) is 0.0530. The van der Waals surface area contributed by atoms with E-state index in [0.717, 1.165) is 0 Å². The number of anilines is 1. The van der Waals surface area contributed by atoms with Crippen molar-refractivity contribution < 1.29 is 24.1 Å². The molecule has 0 aliphatic rings. The van der Waals surface area contributed by atoms with Crippen molar-refractivity contribution in [2.75, 3.05) is 33.2 Å². The van der Waals surface area contributed by atoms with Gasteiger partial charge in [-0.15, -0.1) is 0 Å². The van der Waals surface area contributed by atoms with Gasteiger partial charge in [0, 0.05) is 12.2 Å². The van der Waals surface area contributed by atoms with Crippen molar-refractivity contribution >= 4 is 11.7 Å². The third kappa shape index (κ3) is 5.02. The Morgan fingerprint density at radius 3 is 2.28 bits per heavy atom. The molecule has 0 aliphatic carbocycles. The molecule has 0 spiro atoms. The molecule has 1 atom stereocenters. The highest BCUT2D eigenvalue weighted by Crippen LogP contribution is 2.29. The zero-order chi connectivity index (χ0) is 18.2. The molecule has 2 aromatic carbocycles. The Balaban J connectivity index is 1.90. The Kier molecular flexibility index (Phi) is 6.47. The summed E-state index contributed by atoms with van der Waals surface area (Å²) in [6.07, 6.45) is -0.874. The predicted octanol–water partition coefficient (Wildman–Crippen LogP) is 2.57. The molecule has 7 nitrogen and oxygen atoms in total. The molecule has 0 aliphatic heterocycles. The molecule has 25 heavy (non-hydrogen) atoms. The fourth-order valence-corrected chi connectivity index (χ4v) is 2.22. The second-order valence-corrected chi connectivity index (χ2v) is 5.19. The van der Waals surface area contributed by atoms with Gasteiger partial charge in [0.2, 0.25) is 0 Å². The molecule has 0 heterocycles. The largest absolute Gasteiger partial charge is 0.497 e. The minimum atomic E-state index is -0.874. The number of hydrogen-bond acceptors (Lipinski definition) is 5. The fourth-order valence-electron chi connectivity index (χ4n) is 2.22. The van der Waals surface area contributed by atoms with Crippen molar-refractivity contribution in [3.63, 3.8) is 0 Å². The van der Waals surface area contributed by atoms with E-state index >= 15 is 0 Å². The van der Waals surface area contributed by atoms with Gasteiger partial charge in [0.1, 0.15) is 5.75 Å². The molecule has 7 heteroatoms. The predicted molar refractivity (Wildman–Crippen MR) is 94.5 cm³/mol. The summed E-state index contributed by atoms with van der Waals surface area (Å²) < 4.78 is 15.4. The number of hydrogen-bond donors (Lipinski definition) is 3. The smallest absolute Gasteiger partial charge is 0.319 e. The van der Waals surface area contributed by atoms with Crippen LogP contribution >= 0.6 is 0 Å². The Morgan fingerprint density at radius 1 is 1.00 bits per heavy atom. The van der Waals surface area contributed by atoms with Crippen LogP contribution in [0.4, 0.5) is 10.5 Å². The number of aliphatic hydroxyl groups excluding tert-OH is 1. The molecular weight excluding hydrogens is 324 g/mol. The highest BCUT2D eigenvalue weighted by atomic mass is 16.5. The molecule has 1 unspecified atom stereocenters. The lowest BCUT2D eigenvalue weighted by atomic mass is 10.1.